The van der Waals surface area contributed by atoms with Crippen LogP contribution < -0.4 is 10.6 Å². The zero-order chi connectivity index (χ0) is 12.8. The Balaban J connectivity index is 0.00000180. The number of rotatable bonds is 4. The molecule has 2 rings (SSSR count). The van der Waals surface area contributed by atoms with E-state index in [9.17, 15) is 4.79 Å². The van der Waals surface area contributed by atoms with Crippen molar-refractivity contribution in [3.05, 3.63) is 34.9 Å². The molecule has 0 radical (unpaired) electrons. The van der Waals surface area contributed by atoms with Crippen LogP contribution in [-0.4, -0.2) is 31.7 Å². The number of hydrogen-bond donors (Lipinski definition) is 2. The molecular formula is C13H18Cl2N2O2. The van der Waals surface area contributed by atoms with Crippen LogP contribution in [0.2, 0.25) is 5.02 Å². The molecule has 19 heavy (non-hydrogen) atoms. The van der Waals surface area contributed by atoms with Crippen LogP contribution in [0.1, 0.15) is 12.0 Å². The second-order valence-electron chi connectivity index (χ2n) is 4.31. The van der Waals surface area contributed by atoms with Crippen molar-refractivity contribution in [2.75, 3.05) is 19.7 Å². The third kappa shape index (κ3) is 5.78. The number of carbonyl (C=O) groups excluding carboxylic acids is 1. The molecular weight excluding hydrogens is 287 g/mol. The summed E-state index contributed by atoms with van der Waals surface area (Å²) in [5.74, 6) is 0.00340. The fourth-order valence-electron chi connectivity index (χ4n) is 1.88. The predicted molar refractivity (Wildman–Crippen MR) is 77.8 cm³/mol. The molecule has 1 heterocycles. The molecule has 1 atom stereocenters. The van der Waals surface area contributed by atoms with Crippen molar-refractivity contribution in [2.45, 2.75) is 19.1 Å². The minimum atomic E-state index is -0.0156. The first-order valence-corrected chi connectivity index (χ1v) is 6.45. The Morgan fingerprint density at radius 2 is 2.37 bits per heavy atom. The SMILES string of the molecule is Cl.O=C(CC1CNCCO1)NCc1cccc(Cl)c1. The molecule has 106 valence electrons. The van der Waals surface area contributed by atoms with Gasteiger partial charge in [0.2, 0.25) is 5.91 Å². The van der Waals surface area contributed by atoms with E-state index in [1.807, 2.05) is 24.3 Å². The van der Waals surface area contributed by atoms with E-state index in [1.165, 1.54) is 0 Å². The molecule has 0 bridgehead atoms. The van der Waals surface area contributed by atoms with Crippen molar-refractivity contribution in [3.8, 4) is 0 Å². The maximum absolute atomic E-state index is 11.7. The molecule has 2 N–H and O–H groups in total. The monoisotopic (exact) mass is 304 g/mol. The van der Waals surface area contributed by atoms with E-state index in [-0.39, 0.29) is 24.4 Å². The van der Waals surface area contributed by atoms with Crippen LogP contribution >= 0.6 is 24.0 Å². The van der Waals surface area contributed by atoms with Gasteiger partial charge in [-0.25, -0.2) is 0 Å². The van der Waals surface area contributed by atoms with Crippen LogP contribution in [0.15, 0.2) is 24.3 Å². The van der Waals surface area contributed by atoms with Gasteiger partial charge >= 0.3 is 0 Å². The molecule has 1 unspecified atom stereocenters. The van der Waals surface area contributed by atoms with Crippen LogP contribution in [0.3, 0.4) is 0 Å². The predicted octanol–water partition coefficient (Wildman–Crippen LogP) is 1.76. The van der Waals surface area contributed by atoms with Gasteiger partial charge < -0.3 is 15.4 Å². The number of ether oxygens (including phenoxy) is 1. The maximum atomic E-state index is 11.7. The Morgan fingerprint density at radius 3 is 3.05 bits per heavy atom. The van der Waals surface area contributed by atoms with Crippen LogP contribution in [-0.2, 0) is 16.1 Å². The van der Waals surface area contributed by atoms with Crippen LogP contribution in [0.5, 0.6) is 0 Å². The van der Waals surface area contributed by atoms with E-state index >= 15 is 0 Å². The lowest BCUT2D eigenvalue weighted by Crippen LogP contribution is -2.41. The molecule has 4 nitrogen and oxygen atoms in total. The molecule has 0 saturated carbocycles. The van der Waals surface area contributed by atoms with Gasteiger partial charge in [0.05, 0.1) is 19.1 Å². The molecule has 1 fully saturated rings. The minimum absolute atomic E-state index is 0. The lowest BCUT2D eigenvalue weighted by molar-refractivity contribution is -0.124. The van der Waals surface area contributed by atoms with E-state index in [2.05, 4.69) is 10.6 Å². The van der Waals surface area contributed by atoms with E-state index in [1.54, 1.807) is 0 Å². The molecule has 6 heteroatoms. The van der Waals surface area contributed by atoms with Crippen molar-refractivity contribution in [3.63, 3.8) is 0 Å². The lowest BCUT2D eigenvalue weighted by atomic mass is 10.2. The average molecular weight is 305 g/mol. The molecule has 1 saturated heterocycles. The maximum Gasteiger partial charge on any atom is 0.222 e. The first-order chi connectivity index (χ1) is 8.74. The van der Waals surface area contributed by atoms with E-state index < -0.39 is 0 Å². The Morgan fingerprint density at radius 1 is 1.53 bits per heavy atom. The molecule has 1 aromatic rings. The summed E-state index contributed by atoms with van der Waals surface area (Å²) >= 11 is 5.87. The summed E-state index contributed by atoms with van der Waals surface area (Å²) < 4.78 is 5.48. The highest BCUT2D eigenvalue weighted by Gasteiger charge is 2.16. The number of hydrogen-bond acceptors (Lipinski definition) is 3. The first-order valence-electron chi connectivity index (χ1n) is 6.07. The molecule has 1 aromatic carbocycles. The molecule has 1 amide bonds. The summed E-state index contributed by atoms with van der Waals surface area (Å²) in [5.41, 5.74) is 0.999. The fourth-order valence-corrected chi connectivity index (χ4v) is 2.09. The van der Waals surface area contributed by atoms with Gasteiger partial charge in [-0.15, -0.1) is 12.4 Å². The summed E-state index contributed by atoms with van der Waals surface area (Å²) in [6, 6.07) is 7.47. The number of carbonyl (C=O) groups is 1. The quantitative estimate of drug-likeness (QED) is 0.891. The summed E-state index contributed by atoms with van der Waals surface area (Å²) in [7, 11) is 0. The van der Waals surface area contributed by atoms with Gasteiger partial charge in [0.25, 0.3) is 0 Å². The van der Waals surface area contributed by atoms with Crippen molar-refractivity contribution in [1.29, 1.82) is 0 Å². The zero-order valence-electron chi connectivity index (χ0n) is 10.5. The molecule has 0 aromatic heterocycles. The van der Waals surface area contributed by atoms with Gasteiger partial charge in [0, 0.05) is 24.7 Å². The summed E-state index contributed by atoms with van der Waals surface area (Å²) in [6.45, 7) is 2.77. The van der Waals surface area contributed by atoms with Crippen molar-refractivity contribution in [2.24, 2.45) is 0 Å². The van der Waals surface area contributed by atoms with E-state index in [4.69, 9.17) is 16.3 Å². The molecule has 0 spiro atoms. The van der Waals surface area contributed by atoms with Gasteiger partial charge in [-0.3, -0.25) is 4.79 Å². The Kier molecular flexibility index (Phi) is 7.16. The number of nitrogens with one attached hydrogen (secondary N) is 2. The third-order valence-corrected chi connectivity index (χ3v) is 3.03. The summed E-state index contributed by atoms with van der Waals surface area (Å²) in [5, 5.41) is 6.75. The normalized spacial score (nSPS) is 18.5. The number of benzene rings is 1. The summed E-state index contributed by atoms with van der Waals surface area (Å²) in [4.78, 5) is 11.7. The highest BCUT2D eigenvalue weighted by Crippen LogP contribution is 2.10. The number of halogens is 2. The van der Waals surface area contributed by atoms with E-state index in [0.717, 1.165) is 18.7 Å². The first kappa shape index (κ1) is 16.2. The standard InChI is InChI=1S/C13H17ClN2O2.ClH/c14-11-3-1-2-10(6-11)8-16-13(17)7-12-9-15-4-5-18-12;/h1-3,6,12,15H,4-5,7-9H2,(H,16,17);1H. The Labute approximate surface area is 124 Å². The Bertz CT molecular complexity index is 409. The van der Waals surface area contributed by atoms with Crippen LogP contribution in [0.25, 0.3) is 0 Å². The van der Waals surface area contributed by atoms with Crippen molar-refractivity contribution in [1.82, 2.24) is 10.6 Å². The molecule has 1 aliphatic heterocycles. The minimum Gasteiger partial charge on any atom is -0.375 e. The zero-order valence-corrected chi connectivity index (χ0v) is 12.1. The van der Waals surface area contributed by atoms with Crippen molar-refractivity contribution < 1.29 is 9.53 Å². The highest BCUT2D eigenvalue weighted by molar-refractivity contribution is 6.30. The molecule has 1 aliphatic rings. The fraction of sp³-hybridized carbons (Fsp3) is 0.462. The topological polar surface area (TPSA) is 50.4 Å². The molecule has 0 aliphatic carbocycles. The number of morpholine rings is 1. The average Bonchev–Trinajstić information content (AvgIpc) is 2.38. The second kappa shape index (κ2) is 8.38. The van der Waals surface area contributed by atoms with Crippen LogP contribution in [0, 0.1) is 0 Å². The van der Waals surface area contributed by atoms with Gasteiger partial charge in [-0.1, -0.05) is 23.7 Å². The largest absolute Gasteiger partial charge is 0.375 e. The van der Waals surface area contributed by atoms with Crippen molar-refractivity contribution >= 4 is 29.9 Å². The highest BCUT2D eigenvalue weighted by atomic mass is 35.5. The second-order valence-corrected chi connectivity index (χ2v) is 4.74. The Hall–Kier alpha value is -0.810. The van der Waals surface area contributed by atoms with Gasteiger partial charge in [0.1, 0.15) is 0 Å². The summed E-state index contributed by atoms with van der Waals surface area (Å²) in [6.07, 6.45) is 0.381. The van der Waals surface area contributed by atoms with Crippen LogP contribution in [0.4, 0.5) is 0 Å². The van der Waals surface area contributed by atoms with E-state index in [0.29, 0.717) is 24.6 Å². The van der Waals surface area contributed by atoms with Gasteiger partial charge in [0.15, 0.2) is 0 Å². The van der Waals surface area contributed by atoms with Gasteiger partial charge in [-0.2, -0.15) is 0 Å². The lowest BCUT2D eigenvalue weighted by Gasteiger charge is -2.23. The third-order valence-electron chi connectivity index (χ3n) is 2.80. The number of amides is 1. The smallest absolute Gasteiger partial charge is 0.222 e. The van der Waals surface area contributed by atoms with Gasteiger partial charge in [-0.05, 0) is 17.7 Å².